The Morgan fingerprint density at radius 1 is 1.33 bits per heavy atom. The van der Waals surface area contributed by atoms with Crippen LogP contribution in [0.3, 0.4) is 0 Å². The third kappa shape index (κ3) is 3.57. The van der Waals surface area contributed by atoms with Crippen LogP contribution < -0.4 is 5.32 Å². The molecule has 2 fully saturated rings. The number of amides is 1. The summed E-state index contributed by atoms with van der Waals surface area (Å²) in [6, 6.07) is 0.177. The van der Waals surface area contributed by atoms with Gasteiger partial charge in [-0.1, -0.05) is 6.92 Å². The summed E-state index contributed by atoms with van der Waals surface area (Å²) >= 11 is 0. The quantitative estimate of drug-likeness (QED) is 0.783. The third-order valence-electron chi connectivity index (χ3n) is 4.85. The van der Waals surface area contributed by atoms with Crippen molar-refractivity contribution in [1.82, 2.24) is 9.62 Å². The summed E-state index contributed by atoms with van der Waals surface area (Å²) in [7, 11) is -1.58. The lowest BCUT2D eigenvalue weighted by Crippen LogP contribution is -2.60. The maximum Gasteiger partial charge on any atom is 0.246 e. The molecule has 0 aromatic rings. The highest BCUT2D eigenvalue weighted by Gasteiger charge is 2.49. The Balaban J connectivity index is 1.89. The predicted octanol–water partition coefficient (Wildman–Crippen LogP) is 0.733. The van der Waals surface area contributed by atoms with Gasteiger partial charge in [0.1, 0.15) is 6.61 Å². The van der Waals surface area contributed by atoms with Crippen molar-refractivity contribution in [3.05, 3.63) is 0 Å². The summed E-state index contributed by atoms with van der Waals surface area (Å²) in [6.45, 7) is 3.14. The van der Waals surface area contributed by atoms with E-state index in [1.807, 2.05) is 6.92 Å². The van der Waals surface area contributed by atoms with E-state index in [9.17, 15) is 13.2 Å². The van der Waals surface area contributed by atoms with Gasteiger partial charge in [0.15, 0.2) is 0 Å². The van der Waals surface area contributed by atoms with E-state index >= 15 is 0 Å². The van der Waals surface area contributed by atoms with Crippen molar-refractivity contribution in [3.8, 4) is 0 Å². The number of sulfonamides is 1. The van der Waals surface area contributed by atoms with E-state index in [0.717, 1.165) is 25.7 Å². The summed E-state index contributed by atoms with van der Waals surface area (Å²) in [5, 5.41) is 3.02. The highest BCUT2D eigenvalue weighted by atomic mass is 32.2. The minimum atomic E-state index is -3.09. The van der Waals surface area contributed by atoms with E-state index < -0.39 is 10.0 Å². The van der Waals surface area contributed by atoms with Crippen LogP contribution in [0.25, 0.3) is 0 Å². The number of nitrogens with zero attached hydrogens (tertiary/aromatic N) is 1. The van der Waals surface area contributed by atoms with Crippen LogP contribution in [0.2, 0.25) is 0 Å². The average Bonchev–Trinajstić information content (AvgIpc) is 2.44. The van der Waals surface area contributed by atoms with Crippen LogP contribution in [0, 0.1) is 5.41 Å². The predicted molar refractivity (Wildman–Crippen MR) is 80.4 cm³/mol. The number of carbonyl (C=O) groups excluding carboxylic acids is 1. The number of nitrogens with one attached hydrogen (secondary N) is 1. The Bertz CT molecular complexity index is 469. The van der Waals surface area contributed by atoms with Crippen LogP contribution in [0.15, 0.2) is 0 Å². The third-order valence-corrected chi connectivity index (χ3v) is 6.93. The number of hydrogen-bond acceptors (Lipinski definition) is 4. The van der Waals surface area contributed by atoms with Crippen molar-refractivity contribution >= 4 is 15.9 Å². The molecule has 1 heterocycles. The van der Waals surface area contributed by atoms with Crippen molar-refractivity contribution in [2.24, 2.45) is 5.41 Å². The van der Waals surface area contributed by atoms with Gasteiger partial charge in [0.25, 0.3) is 0 Å². The van der Waals surface area contributed by atoms with Crippen LogP contribution >= 0.6 is 0 Å². The van der Waals surface area contributed by atoms with Gasteiger partial charge in [-0.3, -0.25) is 4.79 Å². The van der Waals surface area contributed by atoms with Gasteiger partial charge >= 0.3 is 0 Å². The largest absolute Gasteiger partial charge is 0.375 e. The second-order valence-corrected chi connectivity index (χ2v) is 8.26. The van der Waals surface area contributed by atoms with Gasteiger partial charge in [0.2, 0.25) is 15.9 Å². The Labute approximate surface area is 127 Å². The molecular weight excluding hydrogens is 292 g/mol. The first kappa shape index (κ1) is 16.7. The molecule has 6 nitrogen and oxygen atoms in total. The number of carbonyl (C=O) groups is 1. The topological polar surface area (TPSA) is 75.7 Å². The first-order chi connectivity index (χ1) is 9.93. The smallest absolute Gasteiger partial charge is 0.246 e. The van der Waals surface area contributed by atoms with E-state index in [0.29, 0.717) is 19.5 Å². The van der Waals surface area contributed by atoms with Crippen molar-refractivity contribution in [3.63, 3.8) is 0 Å². The van der Waals surface area contributed by atoms with Crippen molar-refractivity contribution < 1.29 is 17.9 Å². The Kier molecular flexibility index (Phi) is 5.27. The molecule has 122 valence electrons. The van der Waals surface area contributed by atoms with Gasteiger partial charge in [0, 0.05) is 26.2 Å². The summed E-state index contributed by atoms with van der Waals surface area (Å²) in [5.74, 6) is 0.149. The van der Waals surface area contributed by atoms with Crippen LogP contribution in [-0.4, -0.2) is 57.2 Å². The number of hydrogen-bond donors (Lipinski definition) is 1. The molecule has 1 aliphatic heterocycles. The lowest BCUT2D eigenvalue weighted by atomic mass is 9.59. The Morgan fingerprint density at radius 3 is 2.48 bits per heavy atom. The molecule has 1 spiro atoms. The Hall–Kier alpha value is -0.660. The second-order valence-electron chi connectivity index (χ2n) is 6.17. The molecule has 1 amide bonds. The van der Waals surface area contributed by atoms with Crippen molar-refractivity contribution in [2.45, 2.75) is 45.1 Å². The minimum Gasteiger partial charge on any atom is -0.375 e. The fourth-order valence-corrected chi connectivity index (χ4v) is 5.00. The van der Waals surface area contributed by atoms with E-state index in [-0.39, 0.29) is 29.7 Å². The molecule has 1 atom stereocenters. The van der Waals surface area contributed by atoms with E-state index in [4.69, 9.17) is 4.74 Å². The molecule has 0 aromatic heterocycles. The minimum absolute atomic E-state index is 0.0809. The summed E-state index contributed by atoms with van der Waals surface area (Å²) in [6.07, 6.45) is 4.39. The molecule has 0 aromatic carbocycles. The molecule has 1 saturated carbocycles. The van der Waals surface area contributed by atoms with Crippen LogP contribution in [0.4, 0.5) is 0 Å². The molecule has 21 heavy (non-hydrogen) atoms. The summed E-state index contributed by atoms with van der Waals surface area (Å²) in [5.41, 5.74) is 0.0988. The van der Waals surface area contributed by atoms with Crippen LogP contribution in [-0.2, 0) is 19.6 Å². The van der Waals surface area contributed by atoms with Crippen molar-refractivity contribution in [1.29, 1.82) is 0 Å². The summed E-state index contributed by atoms with van der Waals surface area (Å²) in [4.78, 5) is 11.6. The first-order valence-electron chi connectivity index (χ1n) is 7.70. The number of methoxy groups -OCH3 is 1. The highest BCUT2D eigenvalue weighted by molar-refractivity contribution is 7.89. The van der Waals surface area contributed by atoms with Gasteiger partial charge in [-0.15, -0.1) is 0 Å². The molecule has 0 bridgehead atoms. The zero-order valence-electron chi connectivity index (χ0n) is 12.9. The number of ether oxygens (including phenoxy) is 1. The monoisotopic (exact) mass is 318 g/mol. The maximum atomic E-state index is 12.1. The SMILES string of the molecule is CCCS(=O)(=O)N1CCC2(CCC2NC(=O)COC)CC1. The standard InChI is InChI=1S/C14H26N2O4S/c1-3-10-21(18,19)16-8-6-14(7-9-16)5-4-12(14)15-13(17)11-20-2/h12H,3-11H2,1-2H3,(H,15,17). The van der Waals surface area contributed by atoms with Crippen LogP contribution in [0.5, 0.6) is 0 Å². The fraction of sp³-hybridized carbons (Fsp3) is 0.929. The maximum absolute atomic E-state index is 12.1. The zero-order chi connectivity index (χ0) is 15.5. The second kappa shape index (κ2) is 6.62. The van der Waals surface area contributed by atoms with E-state index in [1.54, 1.807) is 4.31 Å². The fourth-order valence-electron chi connectivity index (χ4n) is 3.48. The van der Waals surface area contributed by atoms with E-state index in [2.05, 4.69) is 5.32 Å². The number of piperidine rings is 1. The normalized spacial score (nSPS) is 25.5. The lowest BCUT2D eigenvalue weighted by Gasteiger charge is -2.53. The Morgan fingerprint density at radius 2 is 2.00 bits per heavy atom. The first-order valence-corrected chi connectivity index (χ1v) is 9.30. The lowest BCUT2D eigenvalue weighted by molar-refractivity contribution is -0.128. The van der Waals surface area contributed by atoms with E-state index in [1.165, 1.54) is 7.11 Å². The molecule has 1 saturated heterocycles. The summed E-state index contributed by atoms with van der Waals surface area (Å²) < 4.78 is 30.6. The molecule has 2 aliphatic rings. The van der Waals surface area contributed by atoms with Gasteiger partial charge in [-0.05, 0) is 37.5 Å². The molecule has 2 rings (SSSR count). The molecule has 1 unspecified atom stereocenters. The molecule has 0 radical (unpaired) electrons. The molecular formula is C14H26N2O4S. The van der Waals surface area contributed by atoms with Crippen LogP contribution in [0.1, 0.15) is 39.0 Å². The van der Waals surface area contributed by atoms with Gasteiger partial charge < -0.3 is 10.1 Å². The molecule has 1 aliphatic carbocycles. The average molecular weight is 318 g/mol. The molecule has 1 N–H and O–H groups in total. The van der Waals surface area contributed by atoms with Gasteiger partial charge in [-0.25, -0.2) is 12.7 Å². The highest BCUT2D eigenvalue weighted by Crippen LogP contribution is 2.49. The van der Waals surface area contributed by atoms with Crippen molar-refractivity contribution in [2.75, 3.05) is 32.6 Å². The van der Waals surface area contributed by atoms with Gasteiger partial charge in [0.05, 0.1) is 5.75 Å². The van der Waals surface area contributed by atoms with Gasteiger partial charge in [-0.2, -0.15) is 0 Å². The molecule has 7 heteroatoms. The zero-order valence-corrected chi connectivity index (χ0v) is 13.7. The number of rotatable bonds is 6.